The van der Waals surface area contributed by atoms with Crippen LogP contribution in [-0.2, 0) is 19.2 Å². The summed E-state index contributed by atoms with van der Waals surface area (Å²) in [6.45, 7) is 5.50. The summed E-state index contributed by atoms with van der Waals surface area (Å²) in [7, 11) is 0. The molecule has 8 nitrogen and oxygen atoms in total. The molecule has 0 saturated heterocycles. The number of hydrogen-bond donors (Lipinski definition) is 4. The van der Waals surface area contributed by atoms with Crippen LogP contribution in [0, 0.1) is 11.8 Å². The second-order valence-electron chi connectivity index (χ2n) is 13.5. The average molecular weight is 653 g/mol. The third-order valence-electron chi connectivity index (χ3n) is 9.12. The third-order valence-corrected chi connectivity index (χ3v) is 9.12. The first kappa shape index (κ1) is 43.9. The van der Waals surface area contributed by atoms with Crippen molar-refractivity contribution < 1.29 is 29.4 Å². The lowest BCUT2D eigenvalue weighted by Gasteiger charge is -2.13. The number of carboxylic acid groups (broad SMARTS) is 2. The van der Waals surface area contributed by atoms with Gasteiger partial charge in [0, 0.05) is 25.9 Å². The van der Waals surface area contributed by atoms with Crippen LogP contribution in [0.4, 0.5) is 0 Å². The van der Waals surface area contributed by atoms with Crippen molar-refractivity contribution in [3.8, 4) is 0 Å². The maximum atomic E-state index is 12.3. The van der Waals surface area contributed by atoms with Crippen molar-refractivity contribution in [2.45, 2.75) is 194 Å². The first-order valence-corrected chi connectivity index (χ1v) is 19.3. The molecule has 0 bridgehead atoms. The van der Waals surface area contributed by atoms with Crippen LogP contribution in [0.5, 0.6) is 0 Å². The van der Waals surface area contributed by atoms with Crippen LogP contribution in [0.15, 0.2) is 0 Å². The van der Waals surface area contributed by atoms with Gasteiger partial charge in [0.2, 0.25) is 11.8 Å². The summed E-state index contributed by atoms with van der Waals surface area (Å²) in [5.41, 5.74) is 0. The Morgan fingerprint density at radius 1 is 0.413 bits per heavy atom. The van der Waals surface area contributed by atoms with Crippen LogP contribution in [0.1, 0.15) is 194 Å². The first-order chi connectivity index (χ1) is 22.3. The summed E-state index contributed by atoms with van der Waals surface area (Å²) in [6, 6.07) is 0. The van der Waals surface area contributed by atoms with E-state index < -0.39 is 23.8 Å². The molecule has 0 heterocycles. The second-order valence-corrected chi connectivity index (χ2v) is 13.5. The zero-order valence-electron chi connectivity index (χ0n) is 29.9. The molecule has 2 unspecified atom stereocenters. The Bertz CT molecular complexity index is 697. The molecule has 8 heteroatoms. The average Bonchev–Trinajstić information content (AvgIpc) is 3.02. The van der Waals surface area contributed by atoms with Gasteiger partial charge in [-0.05, 0) is 25.7 Å². The summed E-state index contributed by atoms with van der Waals surface area (Å²) in [5, 5.41) is 24.8. The van der Waals surface area contributed by atoms with Gasteiger partial charge in [-0.2, -0.15) is 0 Å². The molecule has 0 fully saturated rings. The van der Waals surface area contributed by atoms with E-state index in [2.05, 4.69) is 24.5 Å². The molecule has 0 spiro atoms. The Morgan fingerprint density at radius 3 is 0.957 bits per heavy atom. The van der Waals surface area contributed by atoms with Gasteiger partial charge < -0.3 is 20.8 Å². The molecular formula is C38H72N2O6. The highest BCUT2D eigenvalue weighted by atomic mass is 16.4. The minimum atomic E-state index is -0.887. The van der Waals surface area contributed by atoms with E-state index in [9.17, 15) is 29.4 Å². The summed E-state index contributed by atoms with van der Waals surface area (Å²) in [4.78, 5) is 47.8. The minimum Gasteiger partial charge on any atom is -0.481 e. The Labute approximate surface area is 282 Å². The predicted molar refractivity (Wildman–Crippen MR) is 189 cm³/mol. The van der Waals surface area contributed by atoms with E-state index >= 15 is 0 Å². The summed E-state index contributed by atoms with van der Waals surface area (Å²) in [5.74, 6) is -3.40. The maximum absolute atomic E-state index is 12.3. The van der Waals surface area contributed by atoms with Crippen LogP contribution >= 0.6 is 0 Å². The van der Waals surface area contributed by atoms with Gasteiger partial charge in [0.15, 0.2) is 0 Å². The van der Waals surface area contributed by atoms with Gasteiger partial charge in [0.1, 0.15) is 0 Å². The van der Waals surface area contributed by atoms with Crippen LogP contribution in [0.3, 0.4) is 0 Å². The SMILES string of the molecule is CCCCCCCCCCCCC(CC(=O)NCCCCCCNC(=O)CC(CCCCCCCCCCCC)C(=O)O)C(=O)O. The van der Waals surface area contributed by atoms with Gasteiger partial charge >= 0.3 is 11.9 Å². The summed E-state index contributed by atoms with van der Waals surface area (Å²) >= 11 is 0. The molecule has 0 aromatic heterocycles. The van der Waals surface area contributed by atoms with E-state index in [1.165, 1.54) is 89.9 Å². The monoisotopic (exact) mass is 653 g/mol. The Balaban J connectivity index is 3.83. The fourth-order valence-electron chi connectivity index (χ4n) is 6.03. The van der Waals surface area contributed by atoms with E-state index in [0.29, 0.717) is 25.9 Å². The molecule has 0 aromatic carbocycles. The lowest BCUT2D eigenvalue weighted by atomic mass is 9.96. The van der Waals surface area contributed by atoms with E-state index in [-0.39, 0.29) is 24.7 Å². The molecule has 0 aliphatic rings. The van der Waals surface area contributed by atoms with Crippen LogP contribution in [0.25, 0.3) is 0 Å². The van der Waals surface area contributed by atoms with E-state index in [0.717, 1.165) is 64.2 Å². The first-order valence-electron chi connectivity index (χ1n) is 19.3. The van der Waals surface area contributed by atoms with Gasteiger partial charge in [-0.15, -0.1) is 0 Å². The van der Waals surface area contributed by atoms with E-state index in [4.69, 9.17) is 0 Å². The number of nitrogens with one attached hydrogen (secondary N) is 2. The highest BCUT2D eigenvalue weighted by Crippen LogP contribution is 2.18. The quantitative estimate of drug-likeness (QED) is 0.0504. The zero-order chi connectivity index (χ0) is 34.1. The predicted octanol–water partition coefficient (Wildman–Crippen LogP) is 9.58. The number of aliphatic carboxylic acids is 2. The Kier molecular flexibility index (Phi) is 31.3. The van der Waals surface area contributed by atoms with Crippen molar-refractivity contribution in [2.24, 2.45) is 11.8 Å². The third kappa shape index (κ3) is 29.3. The number of unbranched alkanes of at least 4 members (excludes halogenated alkanes) is 21. The van der Waals surface area contributed by atoms with Crippen molar-refractivity contribution in [3.05, 3.63) is 0 Å². The lowest BCUT2D eigenvalue weighted by molar-refractivity contribution is -0.144. The molecule has 2 atom stereocenters. The van der Waals surface area contributed by atoms with Crippen LogP contribution in [-0.4, -0.2) is 47.1 Å². The molecular weight excluding hydrogens is 580 g/mol. The van der Waals surface area contributed by atoms with E-state index in [1.54, 1.807) is 0 Å². The molecule has 0 aliphatic heterocycles. The highest BCUT2D eigenvalue weighted by molar-refractivity contribution is 5.82. The molecule has 0 aliphatic carbocycles. The number of carbonyl (C=O) groups excluding carboxylic acids is 2. The number of amides is 2. The minimum absolute atomic E-state index is 0.0370. The number of rotatable bonds is 35. The van der Waals surface area contributed by atoms with Crippen LogP contribution < -0.4 is 10.6 Å². The normalized spacial score (nSPS) is 12.5. The van der Waals surface area contributed by atoms with Crippen molar-refractivity contribution >= 4 is 23.8 Å². The van der Waals surface area contributed by atoms with Gasteiger partial charge in [0.05, 0.1) is 11.8 Å². The van der Waals surface area contributed by atoms with Gasteiger partial charge in [-0.3, -0.25) is 19.2 Å². The largest absolute Gasteiger partial charge is 0.481 e. The van der Waals surface area contributed by atoms with Crippen LogP contribution in [0.2, 0.25) is 0 Å². The maximum Gasteiger partial charge on any atom is 0.307 e. The van der Waals surface area contributed by atoms with Crippen molar-refractivity contribution in [1.29, 1.82) is 0 Å². The molecule has 46 heavy (non-hydrogen) atoms. The second kappa shape index (κ2) is 32.8. The molecule has 270 valence electrons. The summed E-state index contributed by atoms with van der Waals surface area (Å²) < 4.78 is 0. The van der Waals surface area contributed by atoms with Crippen molar-refractivity contribution in [3.63, 3.8) is 0 Å². The Hall–Kier alpha value is -2.12. The zero-order valence-corrected chi connectivity index (χ0v) is 29.9. The van der Waals surface area contributed by atoms with Gasteiger partial charge in [-0.1, -0.05) is 155 Å². The Morgan fingerprint density at radius 2 is 0.674 bits per heavy atom. The topological polar surface area (TPSA) is 133 Å². The fourth-order valence-corrected chi connectivity index (χ4v) is 6.03. The molecule has 4 N–H and O–H groups in total. The van der Waals surface area contributed by atoms with Gasteiger partial charge in [0.25, 0.3) is 0 Å². The van der Waals surface area contributed by atoms with Crippen molar-refractivity contribution in [2.75, 3.05) is 13.1 Å². The molecule has 0 aromatic rings. The standard InChI is InChI=1S/C38H72N2O6/c1-3-5-7-9-11-13-15-17-19-23-27-33(37(43)44)31-35(41)39-29-25-21-22-26-30-40-36(42)32-34(38(45)46)28-24-20-18-16-14-12-10-8-6-4-2/h33-34H,3-32H2,1-2H3,(H,39,41)(H,40,42)(H,43,44)(H,45,46). The fraction of sp³-hybridized carbons (Fsp3) is 0.895. The number of carbonyl (C=O) groups is 4. The molecule has 0 rings (SSSR count). The van der Waals surface area contributed by atoms with Crippen molar-refractivity contribution in [1.82, 2.24) is 10.6 Å². The van der Waals surface area contributed by atoms with E-state index in [1.807, 2.05) is 0 Å². The number of carboxylic acids is 2. The van der Waals surface area contributed by atoms with Gasteiger partial charge in [-0.25, -0.2) is 0 Å². The smallest absolute Gasteiger partial charge is 0.307 e. The molecule has 2 amide bonds. The molecule has 0 radical (unpaired) electrons. The summed E-state index contributed by atoms with van der Waals surface area (Å²) in [6.07, 6.45) is 28.6. The lowest BCUT2D eigenvalue weighted by Crippen LogP contribution is -2.29. The molecule has 0 saturated carbocycles. The highest BCUT2D eigenvalue weighted by Gasteiger charge is 2.21. The number of hydrogen-bond acceptors (Lipinski definition) is 4.